The predicted octanol–water partition coefficient (Wildman–Crippen LogP) is 15.2. The van der Waals surface area contributed by atoms with Crippen LogP contribution in [0.3, 0.4) is 0 Å². The molecule has 0 bridgehead atoms. The summed E-state index contributed by atoms with van der Waals surface area (Å²) in [6.07, 6.45) is 66.3. The van der Waals surface area contributed by atoms with E-state index in [-0.39, 0.29) is 25.2 Å². The third kappa shape index (κ3) is 45.4. The lowest BCUT2D eigenvalue weighted by Crippen LogP contribution is -2.28. The summed E-state index contributed by atoms with van der Waals surface area (Å²) in [4.78, 5) is 24.3. The molecule has 0 saturated heterocycles. The number of hydrogen-bond donors (Lipinski definition) is 1. The molecular weight excluding hydrogens is 705 g/mol. The van der Waals surface area contributed by atoms with Gasteiger partial charge in [-0.3, -0.25) is 9.59 Å². The number of hydrogen-bond acceptors (Lipinski definition) is 5. The molecule has 1 unspecified atom stereocenters. The maximum absolute atomic E-state index is 12.2. The van der Waals surface area contributed by atoms with Crippen LogP contribution < -0.4 is 0 Å². The first-order valence-electron chi connectivity index (χ1n) is 23.3. The number of carbonyl (C=O) groups excluding carboxylic acids is 2. The van der Waals surface area contributed by atoms with Gasteiger partial charge in [0.05, 0.1) is 6.61 Å². The van der Waals surface area contributed by atoms with E-state index in [0.29, 0.717) is 12.8 Å². The molecule has 0 aliphatic carbocycles. The standard InChI is InChI=1S/C52H86O5/c1-3-5-7-9-11-13-15-17-19-20-21-22-23-24-25-26-27-28-29-30-31-32-33-35-37-39-41-43-45-47-52(55)57-50(48-53)49-56-51(54)46-44-42-40-38-36-34-18-16-14-12-10-8-6-4-2/h5,7,10-13,16-19,21-22,24-25,27-28,50,53H,3-4,6,8-9,14-15,20,23,26,29-49H2,1-2H3/b7-5-,12-10-,13-11-,18-16-,19-17-,22-21-,25-24-,28-27-. The molecule has 0 rings (SSSR count). The van der Waals surface area contributed by atoms with Crippen LogP contribution in [0.1, 0.15) is 200 Å². The highest BCUT2D eigenvalue weighted by Gasteiger charge is 2.16. The highest BCUT2D eigenvalue weighted by atomic mass is 16.6. The van der Waals surface area contributed by atoms with Crippen LogP contribution in [0.15, 0.2) is 97.2 Å². The van der Waals surface area contributed by atoms with Crippen molar-refractivity contribution in [1.82, 2.24) is 0 Å². The maximum atomic E-state index is 12.2. The molecule has 0 fully saturated rings. The zero-order chi connectivity index (χ0) is 41.4. The molecule has 57 heavy (non-hydrogen) atoms. The third-order valence-corrected chi connectivity index (χ3v) is 9.61. The molecule has 0 saturated carbocycles. The van der Waals surface area contributed by atoms with E-state index < -0.39 is 6.10 Å². The average molecular weight is 791 g/mol. The minimum atomic E-state index is -0.785. The second kappa shape index (κ2) is 47.2. The molecule has 0 spiro atoms. The molecule has 1 N–H and O–H groups in total. The molecule has 0 aliphatic heterocycles. The number of carbonyl (C=O) groups is 2. The Labute approximate surface area is 351 Å². The number of allylic oxidation sites excluding steroid dienone is 16. The second-order valence-corrected chi connectivity index (χ2v) is 15.1. The number of ether oxygens (including phenoxy) is 2. The predicted molar refractivity (Wildman–Crippen MR) is 246 cm³/mol. The Balaban J connectivity index is 3.58. The van der Waals surface area contributed by atoms with Crippen LogP contribution >= 0.6 is 0 Å². The van der Waals surface area contributed by atoms with E-state index in [1.54, 1.807) is 0 Å². The van der Waals surface area contributed by atoms with Crippen LogP contribution in [-0.4, -0.2) is 36.4 Å². The van der Waals surface area contributed by atoms with Gasteiger partial charge in [-0.25, -0.2) is 0 Å². The first-order valence-corrected chi connectivity index (χ1v) is 23.3. The molecule has 0 aliphatic rings. The van der Waals surface area contributed by atoms with Crippen LogP contribution in [-0.2, 0) is 19.1 Å². The van der Waals surface area contributed by atoms with Gasteiger partial charge in [-0.05, 0) is 89.9 Å². The zero-order valence-electron chi connectivity index (χ0n) is 36.8. The summed E-state index contributed by atoms with van der Waals surface area (Å²) >= 11 is 0. The zero-order valence-corrected chi connectivity index (χ0v) is 36.8. The summed E-state index contributed by atoms with van der Waals surface area (Å²) in [6, 6.07) is 0. The first-order chi connectivity index (χ1) is 28.1. The van der Waals surface area contributed by atoms with Crippen molar-refractivity contribution in [1.29, 1.82) is 0 Å². The van der Waals surface area contributed by atoms with E-state index in [1.807, 2.05) is 0 Å². The number of aliphatic hydroxyl groups is 1. The van der Waals surface area contributed by atoms with Crippen molar-refractivity contribution in [3.8, 4) is 0 Å². The summed E-state index contributed by atoms with van der Waals surface area (Å²) in [6.45, 7) is 3.96. The van der Waals surface area contributed by atoms with Gasteiger partial charge >= 0.3 is 11.9 Å². The summed E-state index contributed by atoms with van der Waals surface area (Å²) in [5, 5.41) is 9.59. The smallest absolute Gasteiger partial charge is 0.306 e. The minimum Gasteiger partial charge on any atom is -0.462 e. The fourth-order valence-electron chi connectivity index (χ4n) is 6.10. The van der Waals surface area contributed by atoms with E-state index in [0.717, 1.165) is 89.9 Å². The molecule has 5 heteroatoms. The van der Waals surface area contributed by atoms with E-state index in [2.05, 4.69) is 111 Å². The summed E-state index contributed by atoms with van der Waals surface area (Å²) in [5.74, 6) is -0.618. The molecule has 0 aromatic heterocycles. The SMILES string of the molecule is CC/C=C\C/C=C\C/C=C\C/C=C\C/C=C\C/C=C\CCCCCCCCCCCCC(=O)OC(CO)COC(=O)CCCCCCC/C=C\C/C=C\CCCC. The van der Waals surface area contributed by atoms with Gasteiger partial charge in [0, 0.05) is 12.8 Å². The Kier molecular flexibility index (Phi) is 44.6. The Hall–Kier alpha value is -3.18. The van der Waals surface area contributed by atoms with Gasteiger partial charge in [-0.15, -0.1) is 0 Å². The van der Waals surface area contributed by atoms with Crippen molar-refractivity contribution < 1.29 is 24.2 Å². The second-order valence-electron chi connectivity index (χ2n) is 15.1. The monoisotopic (exact) mass is 791 g/mol. The fraction of sp³-hybridized carbons (Fsp3) is 0.654. The van der Waals surface area contributed by atoms with Crippen LogP contribution in [0.25, 0.3) is 0 Å². The third-order valence-electron chi connectivity index (χ3n) is 9.61. The van der Waals surface area contributed by atoms with Crippen molar-refractivity contribution in [2.45, 2.75) is 206 Å². The van der Waals surface area contributed by atoms with Crippen LogP contribution in [0.5, 0.6) is 0 Å². The largest absolute Gasteiger partial charge is 0.462 e. The maximum Gasteiger partial charge on any atom is 0.306 e. The molecule has 0 aromatic carbocycles. The molecule has 0 aromatic rings. The number of unbranched alkanes of at least 4 members (excludes halogenated alkanes) is 17. The minimum absolute atomic E-state index is 0.0797. The van der Waals surface area contributed by atoms with E-state index in [4.69, 9.17) is 9.47 Å². The highest BCUT2D eigenvalue weighted by molar-refractivity contribution is 5.70. The number of aliphatic hydroxyl groups excluding tert-OH is 1. The quantitative estimate of drug-likeness (QED) is 0.0379. The lowest BCUT2D eigenvalue weighted by molar-refractivity contribution is -0.161. The van der Waals surface area contributed by atoms with E-state index in [1.165, 1.54) is 83.5 Å². The van der Waals surface area contributed by atoms with E-state index in [9.17, 15) is 14.7 Å². The van der Waals surface area contributed by atoms with Gasteiger partial charge in [0.1, 0.15) is 6.61 Å². The molecule has 0 amide bonds. The van der Waals surface area contributed by atoms with Crippen LogP contribution in [0.2, 0.25) is 0 Å². The van der Waals surface area contributed by atoms with Gasteiger partial charge in [0.15, 0.2) is 6.10 Å². The lowest BCUT2D eigenvalue weighted by Gasteiger charge is -2.15. The topological polar surface area (TPSA) is 72.8 Å². The van der Waals surface area contributed by atoms with Gasteiger partial charge in [0.2, 0.25) is 0 Å². The summed E-state index contributed by atoms with van der Waals surface area (Å²) in [7, 11) is 0. The van der Waals surface area contributed by atoms with Crippen molar-refractivity contribution in [3.63, 3.8) is 0 Å². The van der Waals surface area contributed by atoms with Crippen molar-refractivity contribution in [2.75, 3.05) is 13.2 Å². The van der Waals surface area contributed by atoms with Crippen molar-refractivity contribution in [3.05, 3.63) is 97.2 Å². The molecule has 5 nitrogen and oxygen atoms in total. The molecule has 1 atom stereocenters. The Morgan fingerprint density at radius 3 is 1.14 bits per heavy atom. The van der Waals surface area contributed by atoms with Crippen molar-refractivity contribution in [2.24, 2.45) is 0 Å². The lowest BCUT2D eigenvalue weighted by atomic mass is 10.0. The fourth-order valence-corrected chi connectivity index (χ4v) is 6.10. The highest BCUT2D eigenvalue weighted by Crippen LogP contribution is 2.13. The normalized spacial score (nSPS) is 13.1. The van der Waals surface area contributed by atoms with Gasteiger partial charge in [-0.2, -0.15) is 0 Å². The van der Waals surface area contributed by atoms with E-state index >= 15 is 0 Å². The van der Waals surface area contributed by atoms with Crippen LogP contribution in [0, 0.1) is 0 Å². The average Bonchev–Trinajstić information content (AvgIpc) is 3.21. The van der Waals surface area contributed by atoms with Crippen LogP contribution in [0.4, 0.5) is 0 Å². The summed E-state index contributed by atoms with van der Waals surface area (Å²) < 4.78 is 10.6. The van der Waals surface area contributed by atoms with Crippen molar-refractivity contribution >= 4 is 11.9 Å². The number of esters is 2. The van der Waals surface area contributed by atoms with Gasteiger partial charge < -0.3 is 14.6 Å². The first kappa shape index (κ1) is 53.8. The molecular formula is C52H86O5. The molecule has 0 heterocycles. The van der Waals surface area contributed by atoms with Gasteiger partial charge in [-0.1, -0.05) is 195 Å². The summed E-state index contributed by atoms with van der Waals surface area (Å²) in [5.41, 5.74) is 0. The van der Waals surface area contributed by atoms with Gasteiger partial charge in [0.25, 0.3) is 0 Å². The molecule has 0 radical (unpaired) electrons. The Bertz CT molecular complexity index is 1120. The Morgan fingerprint density at radius 1 is 0.421 bits per heavy atom. The molecule has 324 valence electrons. The number of rotatable bonds is 41. The Morgan fingerprint density at radius 2 is 0.754 bits per heavy atom.